The Hall–Kier alpha value is -1.57. The molecule has 0 spiro atoms. The van der Waals surface area contributed by atoms with Gasteiger partial charge in [-0.3, -0.25) is 0 Å². The smallest absolute Gasteiger partial charge is 0.138 e. The molecule has 1 saturated carbocycles. The van der Waals surface area contributed by atoms with Gasteiger partial charge in [0.25, 0.3) is 0 Å². The lowest BCUT2D eigenvalue weighted by Crippen LogP contribution is -2.37. The van der Waals surface area contributed by atoms with Crippen molar-refractivity contribution in [2.75, 3.05) is 6.61 Å². The highest BCUT2D eigenvalue weighted by atomic mass is 16.5. The fourth-order valence-corrected chi connectivity index (χ4v) is 1.67. The number of rotatable bonds is 5. The maximum atomic E-state index is 9.15. The second kappa shape index (κ2) is 15.9. The highest BCUT2D eigenvalue weighted by Gasteiger charge is 2.28. The normalized spacial score (nSPS) is 17.5. The van der Waals surface area contributed by atoms with Gasteiger partial charge in [0.05, 0.1) is 12.3 Å². The van der Waals surface area contributed by atoms with Gasteiger partial charge in [-0.05, 0) is 24.5 Å². The van der Waals surface area contributed by atoms with Gasteiger partial charge in [-0.15, -0.1) is 0 Å². The minimum absolute atomic E-state index is 0.114. The van der Waals surface area contributed by atoms with Gasteiger partial charge in [0, 0.05) is 25.9 Å². The van der Waals surface area contributed by atoms with E-state index in [0.29, 0.717) is 37.1 Å². The van der Waals surface area contributed by atoms with E-state index in [9.17, 15) is 0 Å². The third-order valence-corrected chi connectivity index (χ3v) is 3.29. The van der Waals surface area contributed by atoms with Crippen LogP contribution in [0.15, 0.2) is 18.3 Å². The Kier molecular flexibility index (Phi) is 14.9. The monoisotopic (exact) mass is 349 g/mol. The summed E-state index contributed by atoms with van der Waals surface area (Å²) in [5.41, 5.74) is 0.703. The molecule has 1 aliphatic rings. The number of unbranched alkanes of at least 4 members (excludes halogenated alkanes) is 2. The summed E-state index contributed by atoms with van der Waals surface area (Å²) in [6.45, 7) is 8.78. The number of hydrogen-bond donors (Lipinski definition) is 2. The van der Waals surface area contributed by atoms with Gasteiger partial charge < -0.3 is 14.9 Å². The Labute approximate surface area is 153 Å². The zero-order valence-electron chi connectivity index (χ0n) is 16.3. The van der Waals surface area contributed by atoms with Gasteiger partial charge in [-0.25, -0.2) is 4.98 Å². The van der Waals surface area contributed by atoms with Gasteiger partial charge >= 0.3 is 0 Å². The number of aromatic nitrogens is 1. The van der Waals surface area contributed by atoms with E-state index in [2.05, 4.69) is 44.5 Å². The molecule has 0 saturated heterocycles. The molecular formula is C21H35NO3. The molecule has 2 N–H and O–H groups in total. The summed E-state index contributed by atoms with van der Waals surface area (Å²) < 4.78 is 5.61. The van der Waals surface area contributed by atoms with Crippen molar-refractivity contribution in [1.82, 2.24) is 4.98 Å². The van der Waals surface area contributed by atoms with Crippen LogP contribution in [-0.2, 0) is 0 Å². The average Bonchev–Trinajstić information content (AvgIpc) is 2.60. The predicted octanol–water partition coefficient (Wildman–Crippen LogP) is 4.33. The Morgan fingerprint density at radius 2 is 1.80 bits per heavy atom. The van der Waals surface area contributed by atoms with Crippen LogP contribution in [0.3, 0.4) is 0 Å². The summed E-state index contributed by atoms with van der Waals surface area (Å²) >= 11 is 0. The van der Waals surface area contributed by atoms with Crippen LogP contribution in [0.2, 0.25) is 0 Å². The van der Waals surface area contributed by atoms with Crippen molar-refractivity contribution in [1.29, 1.82) is 0 Å². The van der Waals surface area contributed by atoms with Crippen molar-refractivity contribution in [2.45, 2.75) is 84.8 Å². The molecule has 0 unspecified atom stereocenters. The molecule has 4 nitrogen and oxygen atoms in total. The maximum absolute atomic E-state index is 9.15. The molecule has 1 fully saturated rings. The van der Waals surface area contributed by atoms with Crippen molar-refractivity contribution in [3.8, 4) is 17.6 Å². The zero-order chi connectivity index (χ0) is 18.9. The maximum Gasteiger partial charge on any atom is 0.138 e. The van der Waals surface area contributed by atoms with Gasteiger partial charge in [-0.1, -0.05) is 52.9 Å². The van der Waals surface area contributed by atoms with Crippen LogP contribution >= 0.6 is 0 Å². The van der Waals surface area contributed by atoms with E-state index < -0.39 is 0 Å². The lowest BCUT2D eigenvalue weighted by molar-refractivity contribution is -0.0109. The molecule has 1 heterocycles. The van der Waals surface area contributed by atoms with E-state index in [-0.39, 0.29) is 18.8 Å². The summed E-state index contributed by atoms with van der Waals surface area (Å²) in [5, 5.41) is 17.8. The first-order chi connectivity index (χ1) is 12.1. The quantitative estimate of drug-likeness (QED) is 0.613. The molecule has 142 valence electrons. The van der Waals surface area contributed by atoms with Crippen LogP contribution in [0.25, 0.3) is 0 Å². The van der Waals surface area contributed by atoms with Crippen molar-refractivity contribution < 1.29 is 14.9 Å². The zero-order valence-corrected chi connectivity index (χ0v) is 16.3. The molecule has 0 aliphatic heterocycles. The number of ether oxygens (including phenoxy) is 1. The van der Waals surface area contributed by atoms with Crippen LogP contribution in [0.1, 0.15) is 78.3 Å². The Bertz CT molecular complexity index is 468. The fraction of sp³-hybridized carbons (Fsp3) is 0.667. The standard InChI is InChI=1S/C14H17NO3.C4H10.C3H8/c16-7-3-1-2-4-11-5-6-13(10-15-11)18-14-8-12(17)9-14;1-3-4-2;1-3-2/h5-6,10,12,14,16-17H,1,3,7-9H2;3-4H2,1-2H3;3H2,1-2H3. The van der Waals surface area contributed by atoms with Crippen LogP contribution < -0.4 is 4.74 Å². The largest absolute Gasteiger partial charge is 0.489 e. The lowest BCUT2D eigenvalue weighted by atomic mass is 9.92. The van der Waals surface area contributed by atoms with Gasteiger partial charge in [-0.2, -0.15) is 0 Å². The number of aliphatic hydroxyl groups is 2. The number of aliphatic hydroxyl groups excluding tert-OH is 2. The van der Waals surface area contributed by atoms with Crippen LogP contribution in [0.5, 0.6) is 5.75 Å². The molecule has 0 bridgehead atoms. The van der Waals surface area contributed by atoms with Crippen LogP contribution in [0.4, 0.5) is 0 Å². The second-order valence-corrected chi connectivity index (χ2v) is 6.08. The van der Waals surface area contributed by atoms with E-state index in [0.717, 1.165) is 0 Å². The van der Waals surface area contributed by atoms with E-state index in [1.807, 2.05) is 12.1 Å². The molecule has 1 aromatic rings. The minimum atomic E-state index is -0.209. The third kappa shape index (κ3) is 12.4. The van der Waals surface area contributed by atoms with Crippen molar-refractivity contribution in [2.24, 2.45) is 0 Å². The number of nitrogens with zero attached hydrogens (tertiary/aromatic N) is 1. The summed E-state index contributed by atoms with van der Waals surface area (Å²) in [7, 11) is 0. The first-order valence-corrected chi connectivity index (χ1v) is 9.51. The average molecular weight is 350 g/mol. The van der Waals surface area contributed by atoms with Gasteiger partial charge in [0.1, 0.15) is 17.5 Å². The second-order valence-electron chi connectivity index (χ2n) is 6.08. The number of pyridine rings is 1. The Morgan fingerprint density at radius 1 is 1.16 bits per heavy atom. The predicted molar refractivity (Wildman–Crippen MR) is 104 cm³/mol. The van der Waals surface area contributed by atoms with Crippen LogP contribution in [-0.4, -0.2) is 34.0 Å². The molecule has 0 atom stereocenters. The van der Waals surface area contributed by atoms with Crippen molar-refractivity contribution in [3.63, 3.8) is 0 Å². The van der Waals surface area contributed by atoms with Crippen LogP contribution in [0, 0.1) is 11.8 Å². The fourth-order valence-electron chi connectivity index (χ4n) is 1.67. The number of hydrogen-bond acceptors (Lipinski definition) is 4. The van der Waals surface area contributed by atoms with Gasteiger partial charge in [0.15, 0.2) is 0 Å². The molecule has 1 aliphatic carbocycles. The summed E-state index contributed by atoms with van der Waals surface area (Å²) in [6.07, 6.45) is 8.21. The van der Waals surface area contributed by atoms with E-state index in [4.69, 9.17) is 14.9 Å². The minimum Gasteiger partial charge on any atom is -0.489 e. The summed E-state index contributed by atoms with van der Waals surface area (Å²) in [6, 6.07) is 3.66. The molecule has 0 amide bonds. The first-order valence-electron chi connectivity index (χ1n) is 9.51. The molecule has 0 aromatic carbocycles. The molecular weight excluding hydrogens is 314 g/mol. The molecule has 4 heteroatoms. The first kappa shape index (κ1) is 23.4. The molecule has 0 radical (unpaired) electrons. The van der Waals surface area contributed by atoms with Crippen molar-refractivity contribution >= 4 is 0 Å². The Balaban J connectivity index is 0.000000708. The Morgan fingerprint density at radius 3 is 2.24 bits per heavy atom. The molecule has 2 rings (SSSR count). The topological polar surface area (TPSA) is 62.6 Å². The van der Waals surface area contributed by atoms with E-state index >= 15 is 0 Å². The third-order valence-electron chi connectivity index (χ3n) is 3.29. The SMILES string of the molecule is CCC.CCCC.OCCCC#Cc1ccc(OC2CC(O)C2)cn1. The van der Waals surface area contributed by atoms with Gasteiger partial charge in [0.2, 0.25) is 0 Å². The van der Waals surface area contributed by atoms with E-state index in [1.54, 1.807) is 6.20 Å². The molecule has 1 aromatic heterocycles. The molecule has 25 heavy (non-hydrogen) atoms. The van der Waals surface area contributed by atoms with Crippen molar-refractivity contribution in [3.05, 3.63) is 24.0 Å². The summed E-state index contributed by atoms with van der Waals surface area (Å²) in [4.78, 5) is 4.18. The lowest BCUT2D eigenvalue weighted by Gasteiger charge is -2.31. The highest BCUT2D eigenvalue weighted by Crippen LogP contribution is 2.25. The highest BCUT2D eigenvalue weighted by molar-refractivity contribution is 5.31. The van der Waals surface area contributed by atoms with E-state index in [1.165, 1.54) is 19.3 Å². The summed E-state index contributed by atoms with van der Waals surface area (Å²) in [5.74, 6) is 6.59.